The molecular weight excluding hydrogens is 268 g/mol. The summed E-state index contributed by atoms with van der Waals surface area (Å²) >= 11 is 0. The predicted octanol–water partition coefficient (Wildman–Crippen LogP) is -0.150. The van der Waals surface area contributed by atoms with E-state index in [0.29, 0.717) is 25.3 Å². The lowest BCUT2D eigenvalue weighted by molar-refractivity contribution is -0.922. The molecule has 0 bridgehead atoms. The zero-order valence-corrected chi connectivity index (χ0v) is 12.5. The minimum Gasteiger partial charge on any atom is -0.370 e. The van der Waals surface area contributed by atoms with Crippen LogP contribution in [0.2, 0.25) is 0 Å². The number of ether oxygens (including phenoxy) is 1. The molecule has 2 aliphatic rings. The van der Waals surface area contributed by atoms with Crippen LogP contribution in [0.3, 0.4) is 0 Å². The first-order valence-electron chi connectivity index (χ1n) is 7.43. The van der Waals surface area contributed by atoms with Crippen LogP contribution in [0.1, 0.15) is 17.5 Å². The molecule has 1 atom stereocenters. The van der Waals surface area contributed by atoms with Crippen molar-refractivity contribution >= 4 is 17.5 Å². The fourth-order valence-corrected chi connectivity index (χ4v) is 3.28. The van der Waals surface area contributed by atoms with Crippen LogP contribution in [0.25, 0.3) is 0 Å². The van der Waals surface area contributed by atoms with E-state index in [2.05, 4.69) is 0 Å². The van der Waals surface area contributed by atoms with Gasteiger partial charge in [0.1, 0.15) is 13.1 Å². The van der Waals surface area contributed by atoms with E-state index in [-0.39, 0.29) is 17.9 Å². The number of quaternary nitrogens is 1. The number of anilines is 1. The molecule has 0 spiro atoms. The molecule has 0 saturated carbocycles. The number of imide groups is 1. The van der Waals surface area contributed by atoms with Crippen molar-refractivity contribution in [1.82, 2.24) is 0 Å². The van der Waals surface area contributed by atoms with Crippen molar-refractivity contribution in [2.45, 2.75) is 26.3 Å². The van der Waals surface area contributed by atoms with E-state index < -0.39 is 0 Å². The van der Waals surface area contributed by atoms with Gasteiger partial charge in [-0.3, -0.25) is 9.59 Å². The normalized spacial score (nSPS) is 23.9. The third-order valence-electron chi connectivity index (χ3n) is 4.24. The molecule has 2 amide bonds. The number of carbonyl (C=O) groups excluding carboxylic acids is 2. The second-order valence-corrected chi connectivity index (χ2v) is 5.94. The summed E-state index contributed by atoms with van der Waals surface area (Å²) in [5.74, 6) is -0.157. The molecule has 21 heavy (non-hydrogen) atoms. The average molecular weight is 289 g/mol. The number of amides is 2. The van der Waals surface area contributed by atoms with Crippen molar-refractivity contribution in [3.63, 3.8) is 0 Å². The number of carbonyl (C=O) groups is 2. The molecule has 2 saturated heterocycles. The van der Waals surface area contributed by atoms with Crippen LogP contribution in [-0.2, 0) is 14.3 Å². The standard InChI is InChI=1S/C16H20N2O3/c1-11-7-12(2)9-13(8-11)18-15(19)10-14(16(18)20)17-3-5-21-6-4-17/h7-9,14H,3-6,10H2,1-2H3/p+1/t14-/m1/s1. The first-order chi connectivity index (χ1) is 10.1. The molecule has 2 fully saturated rings. The summed E-state index contributed by atoms with van der Waals surface area (Å²) in [6, 6.07) is 5.60. The molecule has 2 aliphatic heterocycles. The summed E-state index contributed by atoms with van der Waals surface area (Å²) in [7, 11) is 0. The van der Waals surface area contributed by atoms with Crippen molar-refractivity contribution in [3.05, 3.63) is 29.3 Å². The number of rotatable bonds is 2. The Morgan fingerprint density at radius 2 is 1.71 bits per heavy atom. The Kier molecular flexibility index (Phi) is 3.78. The number of hydrogen-bond donors (Lipinski definition) is 1. The van der Waals surface area contributed by atoms with Gasteiger partial charge in [-0.05, 0) is 37.1 Å². The van der Waals surface area contributed by atoms with Gasteiger partial charge in [0.25, 0.3) is 5.91 Å². The van der Waals surface area contributed by atoms with E-state index in [1.165, 1.54) is 9.80 Å². The Labute approximate surface area is 124 Å². The highest BCUT2D eigenvalue weighted by atomic mass is 16.5. The fraction of sp³-hybridized carbons (Fsp3) is 0.500. The van der Waals surface area contributed by atoms with Crippen LogP contribution in [0.5, 0.6) is 0 Å². The Bertz CT molecular complexity index is 559. The Morgan fingerprint density at radius 1 is 1.10 bits per heavy atom. The maximum Gasteiger partial charge on any atom is 0.292 e. The second-order valence-electron chi connectivity index (χ2n) is 5.94. The van der Waals surface area contributed by atoms with Gasteiger partial charge >= 0.3 is 0 Å². The smallest absolute Gasteiger partial charge is 0.292 e. The lowest BCUT2D eigenvalue weighted by Gasteiger charge is -2.27. The maximum absolute atomic E-state index is 12.7. The summed E-state index contributed by atoms with van der Waals surface area (Å²) in [6.07, 6.45) is 0.307. The summed E-state index contributed by atoms with van der Waals surface area (Å²) in [5, 5.41) is 0. The number of nitrogens with one attached hydrogen (secondary N) is 1. The molecule has 0 aliphatic carbocycles. The largest absolute Gasteiger partial charge is 0.370 e. The third kappa shape index (κ3) is 2.71. The molecule has 2 heterocycles. The highest BCUT2D eigenvalue weighted by Crippen LogP contribution is 2.24. The Hall–Kier alpha value is -1.72. The minimum atomic E-state index is -0.248. The van der Waals surface area contributed by atoms with Crippen LogP contribution in [0.4, 0.5) is 5.69 Å². The SMILES string of the molecule is Cc1cc(C)cc(N2C(=O)C[C@@H]([NH+]3CCOCC3)C2=O)c1. The van der Waals surface area contributed by atoms with Crippen molar-refractivity contribution in [2.24, 2.45) is 0 Å². The summed E-state index contributed by atoms with van der Waals surface area (Å²) in [4.78, 5) is 27.5. The highest BCUT2D eigenvalue weighted by molar-refractivity contribution is 6.21. The summed E-state index contributed by atoms with van der Waals surface area (Å²) in [5.41, 5.74) is 2.83. The van der Waals surface area contributed by atoms with Crippen LogP contribution in [0.15, 0.2) is 18.2 Å². The van der Waals surface area contributed by atoms with Gasteiger partial charge in [0.2, 0.25) is 5.91 Å². The fourth-order valence-electron chi connectivity index (χ4n) is 3.28. The summed E-state index contributed by atoms with van der Waals surface area (Å²) < 4.78 is 5.33. The number of benzene rings is 1. The molecule has 1 aromatic carbocycles. The van der Waals surface area contributed by atoms with E-state index in [0.717, 1.165) is 24.2 Å². The number of aryl methyl sites for hydroxylation is 2. The highest BCUT2D eigenvalue weighted by Gasteiger charge is 2.46. The van der Waals surface area contributed by atoms with E-state index in [9.17, 15) is 9.59 Å². The molecule has 5 nitrogen and oxygen atoms in total. The van der Waals surface area contributed by atoms with Crippen molar-refractivity contribution in [2.75, 3.05) is 31.2 Å². The van der Waals surface area contributed by atoms with E-state index in [1.54, 1.807) is 0 Å². The van der Waals surface area contributed by atoms with Gasteiger partial charge in [0.15, 0.2) is 6.04 Å². The van der Waals surface area contributed by atoms with Gasteiger partial charge in [0, 0.05) is 0 Å². The lowest BCUT2D eigenvalue weighted by Crippen LogP contribution is -3.18. The van der Waals surface area contributed by atoms with E-state index >= 15 is 0 Å². The number of nitrogens with zero attached hydrogens (tertiary/aromatic N) is 1. The minimum absolute atomic E-state index is 0.0677. The molecular formula is C16H21N2O3+. The third-order valence-corrected chi connectivity index (χ3v) is 4.24. The Balaban J connectivity index is 1.86. The van der Waals surface area contributed by atoms with Crippen LogP contribution < -0.4 is 9.80 Å². The van der Waals surface area contributed by atoms with Gasteiger partial charge in [-0.15, -0.1) is 0 Å². The Morgan fingerprint density at radius 3 is 2.33 bits per heavy atom. The topological polar surface area (TPSA) is 51.1 Å². The number of hydrogen-bond acceptors (Lipinski definition) is 3. The van der Waals surface area contributed by atoms with Gasteiger partial charge < -0.3 is 9.64 Å². The number of morpholine rings is 1. The van der Waals surface area contributed by atoms with Gasteiger partial charge in [-0.2, -0.15) is 0 Å². The molecule has 5 heteroatoms. The van der Waals surface area contributed by atoms with Crippen molar-refractivity contribution < 1.29 is 19.2 Å². The second kappa shape index (κ2) is 5.58. The molecule has 0 aromatic heterocycles. The zero-order chi connectivity index (χ0) is 15.0. The first-order valence-corrected chi connectivity index (χ1v) is 7.43. The lowest BCUT2D eigenvalue weighted by atomic mass is 10.1. The van der Waals surface area contributed by atoms with E-state index in [1.807, 2.05) is 32.0 Å². The monoisotopic (exact) mass is 289 g/mol. The van der Waals surface area contributed by atoms with Crippen LogP contribution in [-0.4, -0.2) is 44.2 Å². The summed E-state index contributed by atoms with van der Waals surface area (Å²) in [6.45, 7) is 6.88. The molecule has 112 valence electrons. The molecule has 1 aromatic rings. The molecule has 1 N–H and O–H groups in total. The van der Waals surface area contributed by atoms with Crippen LogP contribution >= 0.6 is 0 Å². The predicted molar refractivity (Wildman–Crippen MR) is 78.3 cm³/mol. The zero-order valence-electron chi connectivity index (χ0n) is 12.5. The molecule has 0 radical (unpaired) electrons. The average Bonchev–Trinajstić information content (AvgIpc) is 2.74. The van der Waals surface area contributed by atoms with Gasteiger partial charge in [0.05, 0.1) is 25.3 Å². The van der Waals surface area contributed by atoms with Gasteiger partial charge in [-0.1, -0.05) is 6.07 Å². The van der Waals surface area contributed by atoms with E-state index in [4.69, 9.17) is 4.74 Å². The molecule has 3 rings (SSSR count). The van der Waals surface area contributed by atoms with Crippen molar-refractivity contribution in [1.29, 1.82) is 0 Å². The van der Waals surface area contributed by atoms with Gasteiger partial charge in [-0.25, -0.2) is 4.90 Å². The van der Waals surface area contributed by atoms with Crippen molar-refractivity contribution in [3.8, 4) is 0 Å². The first kappa shape index (κ1) is 14.2. The quantitative estimate of drug-likeness (QED) is 0.771. The van der Waals surface area contributed by atoms with Crippen LogP contribution in [0, 0.1) is 13.8 Å². The maximum atomic E-state index is 12.7. The molecule has 0 unspecified atom stereocenters.